The number of aromatic hydroxyl groups is 1. The van der Waals surface area contributed by atoms with E-state index in [2.05, 4.69) is 15.4 Å². The zero-order valence-electron chi connectivity index (χ0n) is 20.6. The number of carbonyl (C=O) groups is 1. The van der Waals surface area contributed by atoms with Gasteiger partial charge in [0.2, 0.25) is 15.9 Å². The number of carbonyl (C=O) groups excluding carboxylic acids is 1. The van der Waals surface area contributed by atoms with Crippen molar-refractivity contribution in [2.24, 2.45) is 0 Å². The molecule has 5 N–H and O–H groups in total. The van der Waals surface area contributed by atoms with Gasteiger partial charge in [0, 0.05) is 12.2 Å². The maximum absolute atomic E-state index is 13.5. The molecular weight excluding hydrogens is 482 g/mol. The van der Waals surface area contributed by atoms with Gasteiger partial charge in [0.1, 0.15) is 17.0 Å². The predicted octanol–water partition coefficient (Wildman–Crippen LogP) is 3.26. The maximum atomic E-state index is 13.5. The van der Waals surface area contributed by atoms with Crippen LogP contribution in [0, 0.1) is 6.92 Å². The molecule has 0 aliphatic rings. The molecule has 3 aromatic carbocycles. The molecule has 0 spiro atoms. The number of ether oxygens (including phenoxy) is 1. The number of amides is 1. The lowest BCUT2D eigenvalue weighted by atomic mass is 9.90. The van der Waals surface area contributed by atoms with Crippen molar-refractivity contribution in [3.8, 4) is 11.5 Å². The van der Waals surface area contributed by atoms with Crippen molar-refractivity contribution in [2.45, 2.75) is 25.5 Å². The average molecular weight is 514 g/mol. The highest BCUT2D eigenvalue weighted by Gasteiger charge is 2.35. The molecule has 192 valence electrons. The van der Waals surface area contributed by atoms with Crippen LogP contribution in [0.5, 0.6) is 11.5 Å². The van der Waals surface area contributed by atoms with Gasteiger partial charge >= 0.3 is 0 Å². The molecule has 0 fully saturated rings. The Labute approximate surface area is 211 Å². The smallest absolute Gasteiger partial charge is 0.249 e. The van der Waals surface area contributed by atoms with Crippen LogP contribution >= 0.6 is 0 Å². The summed E-state index contributed by atoms with van der Waals surface area (Å²) in [5, 5.41) is 26.9. The molecule has 0 aliphatic carbocycles. The second kappa shape index (κ2) is 11.0. The van der Waals surface area contributed by atoms with Gasteiger partial charge in [-0.3, -0.25) is 14.8 Å². The Balaban J connectivity index is 1.86. The molecule has 0 bridgehead atoms. The van der Waals surface area contributed by atoms with Crippen molar-refractivity contribution in [3.05, 3.63) is 83.4 Å². The summed E-state index contributed by atoms with van der Waals surface area (Å²) in [4.78, 5) is 13.5. The third kappa shape index (κ3) is 6.75. The number of hydrogen-bond donors (Lipinski definition) is 5. The lowest BCUT2D eigenvalue weighted by molar-refractivity contribution is -0.122. The van der Waals surface area contributed by atoms with Crippen molar-refractivity contribution in [2.75, 3.05) is 29.9 Å². The third-order valence-electron chi connectivity index (χ3n) is 5.78. The Kier molecular flexibility index (Phi) is 8.24. The zero-order valence-corrected chi connectivity index (χ0v) is 21.4. The number of aliphatic hydroxyl groups is 1. The van der Waals surface area contributed by atoms with Crippen LogP contribution in [0.25, 0.3) is 0 Å². The summed E-state index contributed by atoms with van der Waals surface area (Å²) in [6, 6.07) is 18.5. The number of phenols is 1. The summed E-state index contributed by atoms with van der Waals surface area (Å²) >= 11 is 0. The first-order chi connectivity index (χ1) is 16.9. The molecule has 10 heteroatoms. The minimum Gasteiger partial charge on any atom is -0.506 e. The average Bonchev–Trinajstić information content (AvgIpc) is 2.84. The minimum atomic E-state index is -3.63. The number of hydrogen-bond acceptors (Lipinski definition) is 7. The van der Waals surface area contributed by atoms with E-state index in [1.54, 1.807) is 38.3 Å². The standard InChI is InChI=1S/C26H31N3O6S/c1-17-5-10-20(11-6-17)28-25(32)26(2,19-8-12-21(35-3)13-9-19)27-16-24(31)18-7-14-23(30)22(15-18)29-36(4,33)34/h5-15,24,27,29-31H,16H2,1-4H3,(H,28,32)/t24-,26-/m0/s1. The van der Waals surface area contributed by atoms with Crippen LogP contribution in [0.15, 0.2) is 66.7 Å². The Morgan fingerprint density at radius 3 is 2.28 bits per heavy atom. The fourth-order valence-electron chi connectivity index (χ4n) is 3.59. The van der Waals surface area contributed by atoms with E-state index in [0.717, 1.165) is 11.8 Å². The summed E-state index contributed by atoms with van der Waals surface area (Å²) in [7, 11) is -2.08. The van der Waals surface area contributed by atoms with Crippen molar-refractivity contribution in [3.63, 3.8) is 0 Å². The molecule has 0 radical (unpaired) electrons. The molecule has 2 atom stereocenters. The van der Waals surface area contributed by atoms with Gasteiger partial charge < -0.3 is 20.3 Å². The number of anilines is 2. The highest BCUT2D eigenvalue weighted by atomic mass is 32.2. The van der Waals surface area contributed by atoms with Crippen LogP contribution in [0.2, 0.25) is 0 Å². The topological polar surface area (TPSA) is 137 Å². The van der Waals surface area contributed by atoms with Crippen molar-refractivity contribution in [1.82, 2.24) is 5.32 Å². The Hall–Kier alpha value is -3.60. The highest BCUT2D eigenvalue weighted by Crippen LogP contribution is 2.30. The molecule has 0 saturated heterocycles. The van der Waals surface area contributed by atoms with Gasteiger partial charge in [-0.15, -0.1) is 0 Å². The van der Waals surface area contributed by atoms with Crippen molar-refractivity contribution in [1.29, 1.82) is 0 Å². The van der Waals surface area contributed by atoms with E-state index in [1.807, 2.05) is 31.2 Å². The molecule has 9 nitrogen and oxygen atoms in total. The molecule has 0 aliphatic heterocycles. The number of aryl methyl sites for hydroxylation is 1. The van der Waals surface area contributed by atoms with E-state index < -0.39 is 21.7 Å². The molecule has 0 heterocycles. The van der Waals surface area contributed by atoms with E-state index in [0.29, 0.717) is 22.6 Å². The molecule has 3 aromatic rings. The second-order valence-electron chi connectivity index (χ2n) is 8.72. The molecule has 36 heavy (non-hydrogen) atoms. The number of rotatable bonds is 10. The minimum absolute atomic E-state index is 0.0487. The summed E-state index contributed by atoms with van der Waals surface area (Å²) in [5.41, 5.74) is 1.38. The quantitative estimate of drug-likeness (QED) is 0.263. The number of methoxy groups -OCH3 is 1. The number of aliphatic hydroxyl groups excluding tert-OH is 1. The maximum Gasteiger partial charge on any atom is 0.249 e. The SMILES string of the molecule is COc1ccc([C@](C)(NC[C@H](O)c2ccc(O)c(NS(C)(=O)=O)c2)C(=O)Nc2ccc(C)cc2)cc1. The fourth-order valence-corrected chi connectivity index (χ4v) is 4.15. The van der Waals surface area contributed by atoms with Crippen LogP contribution in [0.4, 0.5) is 11.4 Å². The van der Waals surface area contributed by atoms with Crippen LogP contribution < -0.4 is 20.1 Å². The number of sulfonamides is 1. The molecule has 1 amide bonds. The van der Waals surface area contributed by atoms with Gasteiger partial charge in [-0.2, -0.15) is 0 Å². The van der Waals surface area contributed by atoms with Gasteiger partial charge in [0.25, 0.3) is 0 Å². The highest BCUT2D eigenvalue weighted by molar-refractivity contribution is 7.92. The molecular formula is C26H31N3O6S. The second-order valence-corrected chi connectivity index (χ2v) is 10.5. The van der Waals surface area contributed by atoms with Crippen LogP contribution in [0.1, 0.15) is 29.7 Å². The van der Waals surface area contributed by atoms with E-state index in [9.17, 15) is 23.4 Å². The van der Waals surface area contributed by atoms with Gasteiger partial charge in [-0.25, -0.2) is 8.42 Å². The number of benzene rings is 3. The Bertz CT molecular complexity index is 1310. The summed E-state index contributed by atoms with van der Waals surface area (Å²) < 4.78 is 30.6. The fraction of sp³-hybridized carbons (Fsp3) is 0.269. The first kappa shape index (κ1) is 27.0. The lowest BCUT2D eigenvalue weighted by Crippen LogP contribution is -2.50. The third-order valence-corrected chi connectivity index (χ3v) is 6.37. The summed E-state index contributed by atoms with van der Waals surface area (Å²) in [6.07, 6.45) is -0.153. The number of phenolic OH excluding ortho intramolecular Hbond substituents is 1. The van der Waals surface area contributed by atoms with E-state index >= 15 is 0 Å². The normalized spacial score (nSPS) is 13.9. The summed E-state index contributed by atoms with van der Waals surface area (Å²) in [6.45, 7) is 3.61. The van der Waals surface area contributed by atoms with Gasteiger partial charge in [-0.05, 0) is 61.4 Å². The van der Waals surface area contributed by atoms with Gasteiger partial charge in [-0.1, -0.05) is 35.9 Å². The molecule has 0 saturated carbocycles. The summed E-state index contributed by atoms with van der Waals surface area (Å²) in [5.74, 6) is 0.0221. The zero-order chi connectivity index (χ0) is 26.5. The molecule has 0 aromatic heterocycles. The van der Waals surface area contributed by atoms with E-state index in [4.69, 9.17) is 4.74 Å². The molecule has 0 unspecified atom stereocenters. The predicted molar refractivity (Wildman–Crippen MR) is 140 cm³/mol. The van der Waals surface area contributed by atoms with Gasteiger partial charge in [0.05, 0.1) is 25.2 Å². The van der Waals surface area contributed by atoms with Crippen LogP contribution in [0.3, 0.4) is 0 Å². The van der Waals surface area contributed by atoms with Crippen LogP contribution in [-0.4, -0.2) is 44.4 Å². The first-order valence-electron chi connectivity index (χ1n) is 11.2. The van der Waals surface area contributed by atoms with Crippen molar-refractivity contribution >= 4 is 27.3 Å². The molecule has 3 rings (SSSR count). The number of nitrogens with one attached hydrogen (secondary N) is 3. The largest absolute Gasteiger partial charge is 0.506 e. The van der Waals surface area contributed by atoms with Crippen LogP contribution in [-0.2, 0) is 20.4 Å². The van der Waals surface area contributed by atoms with E-state index in [-0.39, 0.29) is 23.9 Å². The van der Waals surface area contributed by atoms with Gasteiger partial charge in [0.15, 0.2) is 0 Å². The first-order valence-corrected chi connectivity index (χ1v) is 13.1. The monoisotopic (exact) mass is 513 g/mol. The Morgan fingerprint density at radius 1 is 1.06 bits per heavy atom. The van der Waals surface area contributed by atoms with Crippen molar-refractivity contribution < 1.29 is 28.2 Å². The van der Waals surface area contributed by atoms with E-state index in [1.165, 1.54) is 18.2 Å². The Morgan fingerprint density at radius 2 is 1.69 bits per heavy atom. The lowest BCUT2D eigenvalue weighted by Gasteiger charge is -2.31.